The third-order valence-corrected chi connectivity index (χ3v) is 5.85. The van der Waals surface area contributed by atoms with Crippen molar-refractivity contribution in [2.75, 3.05) is 6.54 Å². The normalized spacial score (nSPS) is 15.2. The van der Waals surface area contributed by atoms with E-state index in [0.29, 0.717) is 46.9 Å². The van der Waals surface area contributed by atoms with Gasteiger partial charge in [-0.2, -0.15) is 10.4 Å². The number of fused-ring (bicyclic) bond motifs is 3. The molecule has 4 aromatic rings. The highest BCUT2D eigenvalue weighted by Crippen LogP contribution is 2.25. The van der Waals surface area contributed by atoms with Gasteiger partial charge in [0.05, 0.1) is 24.4 Å². The molecule has 31 heavy (non-hydrogen) atoms. The minimum Gasteiger partial charge on any atom is -0.294 e. The zero-order valence-corrected chi connectivity index (χ0v) is 17.4. The van der Waals surface area contributed by atoms with Gasteiger partial charge in [-0.05, 0) is 47.4 Å². The molecule has 154 valence electrons. The van der Waals surface area contributed by atoms with Crippen LogP contribution >= 0.6 is 11.6 Å². The number of halogens is 1. The van der Waals surface area contributed by atoms with Gasteiger partial charge in [0.25, 0.3) is 5.56 Å². The topological polar surface area (TPSA) is 77.7 Å². The van der Waals surface area contributed by atoms with Gasteiger partial charge >= 0.3 is 0 Å². The van der Waals surface area contributed by atoms with Crippen LogP contribution in [-0.2, 0) is 26.0 Å². The molecule has 1 aliphatic rings. The fourth-order valence-electron chi connectivity index (χ4n) is 4.09. The van der Waals surface area contributed by atoms with E-state index in [1.165, 1.54) is 0 Å². The summed E-state index contributed by atoms with van der Waals surface area (Å²) in [5.74, 6) is 0. The summed E-state index contributed by atoms with van der Waals surface area (Å²) >= 11 is 6.00. The molecule has 7 heteroatoms. The molecule has 0 saturated carbocycles. The van der Waals surface area contributed by atoms with Gasteiger partial charge in [-0.25, -0.2) is 0 Å². The number of aromatic nitrogens is 3. The van der Waals surface area contributed by atoms with Crippen molar-refractivity contribution in [1.82, 2.24) is 19.7 Å². The van der Waals surface area contributed by atoms with Gasteiger partial charge in [0.2, 0.25) is 0 Å². The lowest BCUT2D eigenvalue weighted by Crippen LogP contribution is -2.37. The van der Waals surface area contributed by atoms with E-state index in [1.807, 2.05) is 12.1 Å². The molecule has 0 aliphatic carbocycles. The Morgan fingerprint density at radius 3 is 2.84 bits per heavy atom. The fourth-order valence-corrected chi connectivity index (χ4v) is 4.21. The van der Waals surface area contributed by atoms with Gasteiger partial charge in [-0.1, -0.05) is 35.9 Å². The highest BCUT2D eigenvalue weighted by Gasteiger charge is 2.24. The fraction of sp³-hybridized carbons (Fsp3) is 0.208. The summed E-state index contributed by atoms with van der Waals surface area (Å²) in [5.41, 5.74) is 3.71. The molecule has 0 unspecified atom stereocenters. The molecular weight excluding hydrogens is 410 g/mol. The summed E-state index contributed by atoms with van der Waals surface area (Å²) in [7, 11) is 0. The van der Waals surface area contributed by atoms with Crippen LogP contribution in [0.3, 0.4) is 0 Å². The van der Waals surface area contributed by atoms with Crippen LogP contribution in [0.2, 0.25) is 5.02 Å². The molecule has 1 N–H and O–H groups in total. The zero-order valence-electron chi connectivity index (χ0n) is 18.6. The van der Waals surface area contributed by atoms with E-state index in [0.717, 1.165) is 16.5 Å². The number of benzene rings is 2. The van der Waals surface area contributed by atoms with Crippen molar-refractivity contribution in [2.24, 2.45) is 0 Å². The number of aromatic amines is 1. The van der Waals surface area contributed by atoms with Crippen LogP contribution in [0.25, 0.3) is 11.0 Å². The van der Waals surface area contributed by atoms with Crippen LogP contribution in [0.1, 0.15) is 30.6 Å². The molecule has 6 nitrogen and oxygen atoms in total. The van der Waals surface area contributed by atoms with E-state index >= 15 is 0 Å². The van der Waals surface area contributed by atoms with Crippen molar-refractivity contribution in [2.45, 2.75) is 26.0 Å². The average Bonchev–Trinajstić information content (AvgIpc) is 3.32. The number of hydrogen-bond donors (Lipinski definition) is 1. The first kappa shape index (κ1) is 17.3. The van der Waals surface area contributed by atoms with Crippen molar-refractivity contribution in [1.29, 1.82) is 5.26 Å². The van der Waals surface area contributed by atoms with Crippen molar-refractivity contribution >= 4 is 22.6 Å². The second kappa shape index (κ2) is 8.03. The molecule has 0 amide bonds. The quantitative estimate of drug-likeness (QED) is 0.532. The van der Waals surface area contributed by atoms with Crippen LogP contribution in [0.15, 0.2) is 59.5 Å². The second-order valence-corrected chi connectivity index (χ2v) is 8.02. The summed E-state index contributed by atoms with van der Waals surface area (Å²) < 4.78 is 19.2. The van der Waals surface area contributed by atoms with Crippen LogP contribution in [0.5, 0.6) is 0 Å². The predicted octanol–water partition coefficient (Wildman–Crippen LogP) is 3.86. The van der Waals surface area contributed by atoms with E-state index in [9.17, 15) is 10.1 Å². The number of nitriles is 1. The van der Waals surface area contributed by atoms with Crippen molar-refractivity contribution < 1.29 is 2.74 Å². The van der Waals surface area contributed by atoms with Crippen molar-refractivity contribution in [3.8, 4) is 6.07 Å². The van der Waals surface area contributed by atoms with Crippen LogP contribution in [0, 0.1) is 11.3 Å². The Labute approximate surface area is 187 Å². The van der Waals surface area contributed by atoms with E-state index in [-0.39, 0.29) is 12.1 Å². The monoisotopic (exact) mass is 431 g/mol. The largest absolute Gasteiger partial charge is 0.294 e. The standard InChI is InChI=1S/C24H20ClN5O/c25-19-6-4-16(5-7-19)14-30-23-21(12-27-28-23)20-8-9-29(15-22(20)24(30)31)13-18-3-1-2-17(10-18)11-26/h1-7,10,12H,8-9,13-15H2,(H,27,28)/i13D2. The zero-order chi connectivity index (χ0) is 23.2. The summed E-state index contributed by atoms with van der Waals surface area (Å²) in [6, 6.07) is 16.0. The molecule has 0 spiro atoms. The Hall–Kier alpha value is -3.40. The number of H-pyrrole nitrogens is 1. The van der Waals surface area contributed by atoms with E-state index in [1.54, 1.807) is 52.1 Å². The first-order chi connectivity index (χ1) is 15.9. The number of nitrogens with zero attached hydrogens (tertiary/aromatic N) is 4. The summed E-state index contributed by atoms with van der Waals surface area (Å²) in [6.07, 6.45) is 2.26. The lowest BCUT2D eigenvalue weighted by Gasteiger charge is -2.29. The van der Waals surface area contributed by atoms with Crippen LogP contribution in [0.4, 0.5) is 0 Å². The molecule has 0 atom stereocenters. The van der Waals surface area contributed by atoms with Crippen LogP contribution in [-0.4, -0.2) is 26.2 Å². The van der Waals surface area contributed by atoms with Gasteiger partial charge in [-0.15, -0.1) is 0 Å². The first-order valence-corrected chi connectivity index (χ1v) is 10.3. The third-order valence-electron chi connectivity index (χ3n) is 5.60. The first-order valence-electron chi connectivity index (χ1n) is 11.0. The summed E-state index contributed by atoms with van der Waals surface area (Å²) in [5, 5.41) is 17.8. The second-order valence-electron chi connectivity index (χ2n) is 7.58. The maximum Gasteiger partial charge on any atom is 0.257 e. The molecule has 0 saturated heterocycles. The smallest absolute Gasteiger partial charge is 0.257 e. The van der Waals surface area contributed by atoms with E-state index in [4.69, 9.17) is 14.3 Å². The Balaban J connectivity index is 1.56. The van der Waals surface area contributed by atoms with E-state index in [2.05, 4.69) is 16.3 Å². The molecule has 1 aliphatic heterocycles. The SMILES string of the molecule is [2H]C([2H])(c1cccc(C#N)c1)N1CCc2c(c(=O)n(Cc3ccc(Cl)cc3)c3[nH]ncc23)C1. The lowest BCUT2D eigenvalue weighted by molar-refractivity contribution is 0.244. The van der Waals surface area contributed by atoms with E-state index < -0.39 is 6.50 Å². The number of rotatable bonds is 4. The molecule has 0 bridgehead atoms. The van der Waals surface area contributed by atoms with Crippen molar-refractivity contribution in [3.63, 3.8) is 0 Å². The maximum absolute atomic E-state index is 13.6. The van der Waals surface area contributed by atoms with Crippen LogP contribution < -0.4 is 5.56 Å². The molecule has 3 heterocycles. The van der Waals surface area contributed by atoms with Crippen molar-refractivity contribution in [3.05, 3.63) is 97.9 Å². The highest BCUT2D eigenvalue weighted by atomic mass is 35.5. The predicted molar refractivity (Wildman–Crippen MR) is 120 cm³/mol. The Bertz CT molecular complexity index is 1450. The third kappa shape index (κ3) is 3.74. The lowest BCUT2D eigenvalue weighted by atomic mass is 9.97. The van der Waals surface area contributed by atoms with Gasteiger partial charge in [0.1, 0.15) is 5.65 Å². The van der Waals surface area contributed by atoms with Gasteiger partial charge in [0.15, 0.2) is 0 Å². The molecule has 0 radical (unpaired) electrons. The minimum atomic E-state index is -1.83. The number of nitrogens with one attached hydrogen (secondary N) is 1. The molecule has 2 aromatic carbocycles. The minimum absolute atomic E-state index is 0.164. The Kier molecular flexibility index (Phi) is 4.48. The molecule has 5 rings (SSSR count). The van der Waals surface area contributed by atoms with Gasteiger partial charge in [-0.3, -0.25) is 19.4 Å². The molecule has 0 fully saturated rings. The summed E-state index contributed by atoms with van der Waals surface area (Å²) in [4.78, 5) is 15.3. The molecular formula is C24H20ClN5O. The summed E-state index contributed by atoms with van der Waals surface area (Å²) in [6.45, 7) is -0.875. The Morgan fingerprint density at radius 2 is 2.03 bits per heavy atom. The van der Waals surface area contributed by atoms with Gasteiger partial charge in [0, 0.05) is 38.3 Å². The average molecular weight is 432 g/mol. The Morgan fingerprint density at radius 1 is 1.19 bits per heavy atom. The maximum atomic E-state index is 13.6. The number of pyridine rings is 1. The molecule has 2 aromatic heterocycles. The highest BCUT2D eigenvalue weighted by molar-refractivity contribution is 6.30. The number of hydrogen-bond acceptors (Lipinski definition) is 4. The van der Waals surface area contributed by atoms with Gasteiger partial charge < -0.3 is 0 Å².